The SMILES string of the molecule is C.CC.CN1CC2(C1)CN(c1ccc(C(=O)O)c(CO)c1)C2. The molecule has 0 amide bonds. The van der Waals surface area contributed by atoms with Crippen LogP contribution in [0.3, 0.4) is 0 Å². The number of rotatable bonds is 3. The standard InChI is InChI=1S/C14H18N2O3.C2H6.CH4/c1-15-6-14(7-15)8-16(9-14)11-2-3-12(13(18)19)10(4-11)5-17;1-2;/h2-4,17H,5-9H2,1H3,(H,18,19);1-2H3;1H4. The highest BCUT2D eigenvalue weighted by Gasteiger charge is 2.50. The summed E-state index contributed by atoms with van der Waals surface area (Å²) in [6, 6.07) is 5.21. The third-order valence-corrected chi connectivity index (χ3v) is 4.12. The summed E-state index contributed by atoms with van der Waals surface area (Å²) >= 11 is 0. The van der Waals surface area contributed by atoms with Crippen LogP contribution in [-0.4, -0.2) is 54.3 Å². The smallest absolute Gasteiger partial charge is 0.336 e. The van der Waals surface area contributed by atoms with Crippen LogP contribution in [0.2, 0.25) is 0 Å². The predicted octanol–water partition coefficient (Wildman–Crippen LogP) is 2.29. The number of hydrogen-bond acceptors (Lipinski definition) is 4. The van der Waals surface area contributed by atoms with Crippen molar-refractivity contribution < 1.29 is 15.0 Å². The molecule has 0 unspecified atom stereocenters. The van der Waals surface area contributed by atoms with Gasteiger partial charge in [0.15, 0.2) is 0 Å². The molecule has 0 saturated carbocycles. The molecule has 0 aromatic heterocycles. The zero-order valence-corrected chi connectivity index (χ0v) is 13.0. The fourth-order valence-corrected chi connectivity index (χ4v) is 3.36. The zero-order valence-electron chi connectivity index (χ0n) is 13.0. The maximum Gasteiger partial charge on any atom is 0.336 e. The molecule has 0 aliphatic carbocycles. The second-order valence-corrected chi connectivity index (χ2v) is 5.83. The summed E-state index contributed by atoms with van der Waals surface area (Å²) in [5, 5.41) is 18.3. The summed E-state index contributed by atoms with van der Waals surface area (Å²) in [5.41, 5.74) is 2.12. The first-order chi connectivity index (χ1) is 10.0. The highest BCUT2D eigenvalue weighted by Crippen LogP contribution is 2.41. The molecule has 22 heavy (non-hydrogen) atoms. The molecule has 0 radical (unpaired) electrons. The van der Waals surface area contributed by atoms with Gasteiger partial charge in [0.25, 0.3) is 0 Å². The lowest BCUT2D eigenvalue weighted by Gasteiger charge is -2.60. The molecular weight excluding hydrogens is 280 g/mol. The van der Waals surface area contributed by atoms with E-state index >= 15 is 0 Å². The Morgan fingerprint density at radius 1 is 1.23 bits per heavy atom. The minimum absolute atomic E-state index is 0. The zero-order chi connectivity index (χ0) is 15.6. The largest absolute Gasteiger partial charge is 0.478 e. The number of carboxylic acid groups (broad SMARTS) is 1. The van der Waals surface area contributed by atoms with Gasteiger partial charge in [-0.3, -0.25) is 0 Å². The molecule has 0 bridgehead atoms. The molecule has 2 fully saturated rings. The number of aliphatic hydroxyl groups is 1. The Hall–Kier alpha value is -1.59. The highest BCUT2D eigenvalue weighted by molar-refractivity contribution is 5.90. The average Bonchev–Trinajstić information content (AvgIpc) is 2.42. The summed E-state index contributed by atoms with van der Waals surface area (Å²) in [4.78, 5) is 15.6. The van der Waals surface area contributed by atoms with Crippen LogP contribution in [0, 0.1) is 5.41 Å². The van der Waals surface area contributed by atoms with E-state index in [9.17, 15) is 9.90 Å². The lowest BCUT2D eigenvalue weighted by atomic mass is 9.73. The van der Waals surface area contributed by atoms with Crippen LogP contribution in [0.5, 0.6) is 0 Å². The Labute approximate surface area is 133 Å². The Morgan fingerprint density at radius 3 is 2.27 bits per heavy atom. The topological polar surface area (TPSA) is 64.0 Å². The lowest BCUT2D eigenvalue weighted by molar-refractivity contribution is -0.00240. The van der Waals surface area contributed by atoms with Crippen molar-refractivity contribution in [2.24, 2.45) is 5.41 Å². The second kappa shape index (κ2) is 7.11. The van der Waals surface area contributed by atoms with Gasteiger partial charge in [0.05, 0.1) is 12.2 Å². The predicted molar refractivity (Wildman–Crippen MR) is 89.5 cm³/mol. The number of aliphatic hydroxyl groups excluding tert-OH is 1. The van der Waals surface area contributed by atoms with E-state index in [1.807, 2.05) is 19.9 Å². The Kier molecular flexibility index (Phi) is 5.97. The first-order valence-electron chi connectivity index (χ1n) is 7.44. The van der Waals surface area contributed by atoms with Crippen molar-refractivity contribution in [3.05, 3.63) is 29.3 Å². The summed E-state index contributed by atoms with van der Waals surface area (Å²) in [7, 11) is 2.12. The molecule has 5 nitrogen and oxygen atoms in total. The molecule has 2 heterocycles. The van der Waals surface area contributed by atoms with Crippen molar-refractivity contribution in [2.45, 2.75) is 27.9 Å². The van der Waals surface area contributed by atoms with Crippen LogP contribution in [0.15, 0.2) is 18.2 Å². The lowest BCUT2D eigenvalue weighted by Crippen LogP contribution is -2.71. The van der Waals surface area contributed by atoms with E-state index in [1.165, 1.54) is 0 Å². The Morgan fingerprint density at radius 2 is 1.82 bits per heavy atom. The van der Waals surface area contributed by atoms with Gasteiger partial charge in [-0.2, -0.15) is 0 Å². The van der Waals surface area contributed by atoms with Gasteiger partial charge < -0.3 is 20.0 Å². The summed E-state index contributed by atoms with van der Waals surface area (Å²) in [6.45, 7) is 8.09. The molecule has 1 aromatic carbocycles. The van der Waals surface area contributed by atoms with Crippen LogP contribution >= 0.6 is 0 Å². The number of carboxylic acids is 1. The Balaban J connectivity index is 0.000000775. The summed E-state index contributed by atoms with van der Waals surface area (Å²) in [6.07, 6.45) is 0. The van der Waals surface area contributed by atoms with E-state index in [-0.39, 0.29) is 19.6 Å². The maximum atomic E-state index is 11.0. The van der Waals surface area contributed by atoms with E-state index in [4.69, 9.17) is 5.11 Å². The van der Waals surface area contributed by atoms with Gasteiger partial charge >= 0.3 is 5.97 Å². The fourth-order valence-electron chi connectivity index (χ4n) is 3.36. The molecule has 0 atom stereocenters. The van der Waals surface area contributed by atoms with Gasteiger partial charge in [0, 0.05) is 37.3 Å². The van der Waals surface area contributed by atoms with E-state index in [2.05, 4.69) is 16.8 Å². The second-order valence-electron chi connectivity index (χ2n) is 5.83. The van der Waals surface area contributed by atoms with Crippen LogP contribution < -0.4 is 4.90 Å². The van der Waals surface area contributed by atoms with Crippen LogP contribution in [0.1, 0.15) is 37.2 Å². The number of hydrogen-bond donors (Lipinski definition) is 2. The number of anilines is 1. The molecular formula is C17H28N2O3. The van der Waals surface area contributed by atoms with Gasteiger partial charge in [-0.05, 0) is 30.8 Å². The highest BCUT2D eigenvalue weighted by atomic mass is 16.4. The van der Waals surface area contributed by atoms with Crippen LogP contribution in [0.4, 0.5) is 5.69 Å². The third-order valence-electron chi connectivity index (χ3n) is 4.12. The van der Waals surface area contributed by atoms with E-state index in [0.29, 0.717) is 11.0 Å². The fraction of sp³-hybridized carbons (Fsp3) is 0.588. The molecule has 5 heteroatoms. The van der Waals surface area contributed by atoms with Crippen molar-refractivity contribution in [2.75, 3.05) is 38.1 Å². The number of aromatic carboxylic acids is 1. The minimum Gasteiger partial charge on any atom is -0.478 e. The average molecular weight is 308 g/mol. The molecule has 2 N–H and O–H groups in total. The van der Waals surface area contributed by atoms with Gasteiger partial charge in [0.1, 0.15) is 0 Å². The van der Waals surface area contributed by atoms with Crippen molar-refractivity contribution in [1.82, 2.24) is 4.90 Å². The molecule has 124 valence electrons. The van der Waals surface area contributed by atoms with E-state index in [1.54, 1.807) is 12.1 Å². The summed E-state index contributed by atoms with van der Waals surface area (Å²) < 4.78 is 0. The van der Waals surface area contributed by atoms with Crippen molar-refractivity contribution in [1.29, 1.82) is 0 Å². The van der Waals surface area contributed by atoms with Crippen molar-refractivity contribution in [3.8, 4) is 0 Å². The van der Waals surface area contributed by atoms with Gasteiger partial charge in [-0.15, -0.1) is 0 Å². The third kappa shape index (κ3) is 3.25. The Bertz CT molecular complexity index is 517. The molecule has 2 aliphatic heterocycles. The maximum absolute atomic E-state index is 11.0. The normalized spacial score (nSPS) is 18.5. The number of benzene rings is 1. The number of nitrogens with zero attached hydrogens (tertiary/aromatic N) is 2. The first kappa shape index (κ1) is 18.5. The van der Waals surface area contributed by atoms with Gasteiger partial charge in [-0.25, -0.2) is 4.79 Å². The molecule has 1 spiro atoms. The van der Waals surface area contributed by atoms with E-state index in [0.717, 1.165) is 31.9 Å². The molecule has 3 rings (SSSR count). The number of carbonyl (C=O) groups is 1. The summed E-state index contributed by atoms with van der Waals surface area (Å²) in [5.74, 6) is -0.990. The van der Waals surface area contributed by atoms with Gasteiger partial charge in [-0.1, -0.05) is 21.3 Å². The van der Waals surface area contributed by atoms with Crippen LogP contribution in [0.25, 0.3) is 0 Å². The molecule has 1 aromatic rings. The quantitative estimate of drug-likeness (QED) is 0.897. The van der Waals surface area contributed by atoms with Crippen molar-refractivity contribution in [3.63, 3.8) is 0 Å². The monoisotopic (exact) mass is 308 g/mol. The van der Waals surface area contributed by atoms with Crippen molar-refractivity contribution >= 4 is 11.7 Å². The first-order valence-corrected chi connectivity index (χ1v) is 7.44. The minimum atomic E-state index is -0.990. The molecule has 2 aliphatic rings. The van der Waals surface area contributed by atoms with Crippen LogP contribution in [-0.2, 0) is 6.61 Å². The van der Waals surface area contributed by atoms with Gasteiger partial charge in [0.2, 0.25) is 0 Å². The number of likely N-dealkylation sites (tertiary alicyclic amines) is 1. The molecule has 2 saturated heterocycles. The van der Waals surface area contributed by atoms with E-state index < -0.39 is 5.97 Å².